The number of hydrogen-bond donors (Lipinski definition) is 1. The molecule has 1 aromatic rings. The summed E-state index contributed by atoms with van der Waals surface area (Å²) < 4.78 is 0. The van der Waals surface area contributed by atoms with Gasteiger partial charge in [0, 0.05) is 12.2 Å². The third-order valence-corrected chi connectivity index (χ3v) is 2.51. The second-order valence-corrected chi connectivity index (χ2v) is 3.40. The van der Waals surface area contributed by atoms with Crippen LogP contribution in [0.1, 0.15) is 18.1 Å². The summed E-state index contributed by atoms with van der Waals surface area (Å²) in [6.45, 7) is 3.17. The van der Waals surface area contributed by atoms with Crippen molar-refractivity contribution in [2.75, 3.05) is 11.9 Å². The highest BCUT2D eigenvalue weighted by atomic mass is 14.9. The van der Waals surface area contributed by atoms with Crippen LogP contribution in [0.5, 0.6) is 0 Å². The Morgan fingerprint density at radius 2 is 2.38 bits per heavy atom. The first kappa shape index (κ1) is 8.36. The molecule has 0 atom stereocenters. The van der Waals surface area contributed by atoms with E-state index in [4.69, 9.17) is 0 Å². The van der Waals surface area contributed by atoms with E-state index in [1.807, 2.05) is 0 Å². The predicted octanol–water partition coefficient (Wildman–Crippen LogP) is 2.77. The molecular weight excluding hydrogens is 158 g/mol. The lowest BCUT2D eigenvalue weighted by molar-refractivity contribution is 1.11. The molecule has 1 nitrogen and oxygen atoms in total. The third kappa shape index (κ3) is 1.59. The van der Waals surface area contributed by atoms with Crippen LogP contribution in [0.25, 0.3) is 0 Å². The van der Waals surface area contributed by atoms with E-state index in [9.17, 15) is 0 Å². The van der Waals surface area contributed by atoms with Crippen LogP contribution in [0.2, 0.25) is 0 Å². The summed E-state index contributed by atoms with van der Waals surface area (Å²) >= 11 is 0. The van der Waals surface area contributed by atoms with Crippen molar-refractivity contribution in [3.63, 3.8) is 0 Å². The van der Waals surface area contributed by atoms with Crippen LogP contribution in [0, 0.1) is 0 Å². The maximum absolute atomic E-state index is 3.44. The molecule has 2 rings (SSSR count). The van der Waals surface area contributed by atoms with Gasteiger partial charge in [0.25, 0.3) is 0 Å². The van der Waals surface area contributed by atoms with E-state index in [1.165, 1.54) is 23.2 Å². The van der Waals surface area contributed by atoms with Gasteiger partial charge in [-0.3, -0.25) is 0 Å². The standard InChI is InChI=1S/C12H15N/c1-2-3-5-10-6-4-7-11-8-9-13-12(10)11/h2-4,6-7,13H,5,8-9H2,1H3. The molecule has 0 amide bonds. The summed E-state index contributed by atoms with van der Waals surface area (Å²) in [4.78, 5) is 0. The van der Waals surface area contributed by atoms with E-state index in [-0.39, 0.29) is 0 Å². The highest BCUT2D eigenvalue weighted by molar-refractivity contribution is 5.61. The van der Waals surface area contributed by atoms with Crippen LogP contribution in [0.15, 0.2) is 30.4 Å². The van der Waals surface area contributed by atoms with Crippen LogP contribution < -0.4 is 5.32 Å². The Morgan fingerprint density at radius 3 is 3.23 bits per heavy atom. The molecule has 0 fully saturated rings. The van der Waals surface area contributed by atoms with Crippen LogP contribution in [0.3, 0.4) is 0 Å². The molecule has 0 radical (unpaired) electrons. The van der Waals surface area contributed by atoms with Gasteiger partial charge in [0.05, 0.1) is 0 Å². The van der Waals surface area contributed by atoms with Gasteiger partial charge in [-0.1, -0.05) is 30.4 Å². The molecule has 1 heterocycles. The lowest BCUT2D eigenvalue weighted by atomic mass is 10.1. The first-order valence-electron chi connectivity index (χ1n) is 4.87. The zero-order chi connectivity index (χ0) is 9.10. The third-order valence-electron chi connectivity index (χ3n) is 2.51. The van der Waals surface area contributed by atoms with E-state index in [0.29, 0.717) is 0 Å². The second-order valence-electron chi connectivity index (χ2n) is 3.40. The minimum atomic E-state index is 1.05. The SMILES string of the molecule is CC=CCc1cccc2c1NCC2. The Morgan fingerprint density at radius 1 is 1.46 bits per heavy atom. The zero-order valence-electron chi connectivity index (χ0n) is 8.01. The van der Waals surface area contributed by atoms with Gasteiger partial charge in [-0.25, -0.2) is 0 Å². The molecule has 1 heteroatoms. The smallest absolute Gasteiger partial charge is 0.0409 e. The van der Waals surface area contributed by atoms with Crippen molar-refractivity contribution in [1.82, 2.24) is 0 Å². The Hall–Kier alpha value is -1.24. The van der Waals surface area contributed by atoms with E-state index >= 15 is 0 Å². The largest absolute Gasteiger partial charge is 0.384 e. The monoisotopic (exact) mass is 173 g/mol. The first-order chi connectivity index (χ1) is 6.42. The Balaban J connectivity index is 2.30. The van der Waals surface area contributed by atoms with E-state index in [0.717, 1.165) is 13.0 Å². The maximum Gasteiger partial charge on any atom is 0.0409 e. The lowest BCUT2D eigenvalue weighted by Gasteiger charge is -2.05. The van der Waals surface area contributed by atoms with Gasteiger partial charge < -0.3 is 5.32 Å². The molecule has 0 saturated heterocycles. The fraction of sp³-hybridized carbons (Fsp3) is 0.333. The summed E-state index contributed by atoms with van der Waals surface area (Å²) in [6, 6.07) is 6.58. The van der Waals surface area contributed by atoms with Crippen LogP contribution in [0.4, 0.5) is 5.69 Å². The Bertz CT molecular complexity index is 326. The summed E-state index contributed by atoms with van der Waals surface area (Å²) in [5.41, 5.74) is 4.27. The first-order valence-corrected chi connectivity index (χ1v) is 4.87. The summed E-state index contributed by atoms with van der Waals surface area (Å²) in [5.74, 6) is 0. The molecule has 68 valence electrons. The van der Waals surface area contributed by atoms with Crippen molar-refractivity contribution >= 4 is 5.69 Å². The van der Waals surface area contributed by atoms with Crippen LogP contribution in [-0.2, 0) is 12.8 Å². The minimum Gasteiger partial charge on any atom is -0.384 e. The van der Waals surface area contributed by atoms with Crippen LogP contribution >= 0.6 is 0 Å². The van der Waals surface area contributed by atoms with Crippen molar-refractivity contribution in [1.29, 1.82) is 0 Å². The number of hydrogen-bond acceptors (Lipinski definition) is 1. The highest BCUT2D eigenvalue weighted by Gasteiger charge is 2.11. The van der Waals surface area contributed by atoms with Crippen molar-refractivity contribution < 1.29 is 0 Å². The lowest BCUT2D eigenvalue weighted by Crippen LogP contribution is -1.94. The average Bonchev–Trinajstić information content (AvgIpc) is 2.62. The van der Waals surface area contributed by atoms with Gasteiger partial charge in [-0.15, -0.1) is 0 Å². The van der Waals surface area contributed by atoms with Gasteiger partial charge in [-0.05, 0) is 30.9 Å². The molecule has 13 heavy (non-hydrogen) atoms. The molecule has 1 N–H and O–H groups in total. The van der Waals surface area contributed by atoms with Gasteiger partial charge >= 0.3 is 0 Å². The van der Waals surface area contributed by atoms with Gasteiger partial charge in [0.2, 0.25) is 0 Å². The van der Waals surface area contributed by atoms with Crippen LogP contribution in [-0.4, -0.2) is 6.54 Å². The summed E-state index contributed by atoms with van der Waals surface area (Å²) in [7, 11) is 0. The Labute approximate surface area is 79.5 Å². The molecule has 0 aromatic heterocycles. The van der Waals surface area contributed by atoms with E-state index < -0.39 is 0 Å². The number of allylic oxidation sites excluding steroid dienone is 2. The molecule has 0 saturated carbocycles. The van der Waals surface area contributed by atoms with Gasteiger partial charge in [0.1, 0.15) is 0 Å². The zero-order valence-corrected chi connectivity index (χ0v) is 8.01. The molecule has 0 unspecified atom stereocenters. The minimum absolute atomic E-state index is 1.05. The van der Waals surface area contributed by atoms with Gasteiger partial charge in [0.15, 0.2) is 0 Å². The van der Waals surface area contributed by atoms with Crippen molar-refractivity contribution in [3.05, 3.63) is 41.5 Å². The molecule has 1 aromatic carbocycles. The fourth-order valence-electron chi connectivity index (χ4n) is 1.83. The predicted molar refractivity (Wildman–Crippen MR) is 57.2 cm³/mol. The molecule has 0 spiro atoms. The normalized spacial score (nSPS) is 14.5. The average molecular weight is 173 g/mol. The summed E-state index contributed by atoms with van der Waals surface area (Å²) in [6.07, 6.45) is 6.54. The van der Waals surface area contributed by atoms with Crippen molar-refractivity contribution in [2.45, 2.75) is 19.8 Å². The van der Waals surface area contributed by atoms with E-state index in [1.54, 1.807) is 0 Å². The molecular formula is C12H15N. The number of fused-ring (bicyclic) bond motifs is 1. The quantitative estimate of drug-likeness (QED) is 0.678. The number of nitrogens with one attached hydrogen (secondary N) is 1. The second kappa shape index (κ2) is 3.65. The number of para-hydroxylation sites is 1. The molecule has 0 bridgehead atoms. The van der Waals surface area contributed by atoms with Gasteiger partial charge in [-0.2, -0.15) is 0 Å². The van der Waals surface area contributed by atoms with Crippen molar-refractivity contribution in [3.8, 4) is 0 Å². The molecule has 0 aliphatic carbocycles. The van der Waals surface area contributed by atoms with E-state index in [2.05, 4.69) is 42.6 Å². The highest BCUT2D eigenvalue weighted by Crippen LogP contribution is 2.26. The number of rotatable bonds is 2. The molecule has 1 aliphatic heterocycles. The number of anilines is 1. The van der Waals surface area contributed by atoms with Crippen molar-refractivity contribution in [2.24, 2.45) is 0 Å². The Kier molecular flexibility index (Phi) is 2.35. The maximum atomic E-state index is 3.44. The number of benzene rings is 1. The topological polar surface area (TPSA) is 12.0 Å². The molecule has 1 aliphatic rings. The summed E-state index contributed by atoms with van der Waals surface area (Å²) in [5, 5.41) is 3.44. The fourth-order valence-corrected chi connectivity index (χ4v) is 1.83.